The number of halogens is 1. The van der Waals surface area contributed by atoms with Crippen LogP contribution in [0, 0.1) is 10.1 Å². The van der Waals surface area contributed by atoms with Crippen molar-refractivity contribution in [3.05, 3.63) is 22.2 Å². The molecule has 0 heterocycles. The SMILES string of the molecule is O=[N+]([O-])c1cc(S(=O)(=O)O)cc(NCC(O)CCl)c1O. The number of phenols is 1. The molecule has 1 aromatic rings. The second-order valence-corrected chi connectivity index (χ2v) is 5.49. The zero-order chi connectivity index (χ0) is 15.5. The van der Waals surface area contributed by atoms with Gasteiger partial charge in [0, 0.05) is 12.6 Å². The molecule has 0 aliphatic carbocycles. The Labute approximate surface area is 118 Å². The molecule has 1 unspecified atom stereocenters. The Morgan fingerprint density at radius 2 is 2.05 bits per heavy atom. The quantitative estimate of drug-likeness (QED) is 0.195. The van der Waals surface area contributed by atoms with Gasteiger partial charge in [0.1, 0.15) is 4.90 Å². The molecule has 0 bridgehead atoms. The van der Waals surface area contributed by atoms with Crippen molar-refractivity contribution in [3.63, 3.8) is 0 Å². The maximum Gasteiger partial charge on any atom is 0.314 e. The average molecular weight is 327 g/mol. The van der Waals surface area contributed by atoms with Crippen LogP contribution in [0.4, 0.5) is 11.4 Å². The molecule has 4 N–H and O–H groups in total. The summed E-state index contributed by atoms with van der Waals surface area (Å²) in [5, 5.41) is 32.0. The number of aliphatic hydroxyl groups is 1. The third-order valence-corrected chi connectivity index (χ3v) is 3.45. The van der Waals surface area contributed by atoms with E-state index < -0.39 is 37.5 Å². The highest BCUT2D eigenvalue weighted by molar-refractivity contribution is 7.85. The zero-order valence-electron chi connectivity index (χ0n) is 9.85. The van der Waals surface area contributed by atoms with Gasteiger partial charge in [-0.3, -0.25) is 14.7 Å². The number of hydrogen-bond acceptors (Lipinski definition) is 7. The Morgan fingerprint density at radius 1 is 1.45 bits per heavy atom. The van der Waals surface area contributed by atoms with E-state index >= 15 is 0 Å². The number of aromatic hydroxyl groups is 1. The van der Waals surface area contributed by atoms with Gasteiger partial charge in [0.2, 0.25) is 5.75 Å². The average Bonchev–Trinajstić information content (AvgIpc) is 2.35. The lowest BCUT2D eigenvalue weighted by molar-refractivity contribution is -0.386. The summed E-state index contributed by atoms with van der Waals surface area (Å²) in [6.07, 6.45) is -1.01. The van der Waals surface area contributed by atoms with Gasteiger partial charge in [0.05, 0.1) is 22.6 Å². The summed E-state index contributed by atoms with van der Waals surface area (Å²) in [5.41, 5.74) is -1.22. The molecule has 1 rings (SSSR count). The maximum atomic E-state index is 11.0. The molecule has 0 aliphatic rings. The van der Waals surface area contributed by atoms with Crippen LogP contribution in [0.2, 0.25) is 0 Å². The fraction of sp³-hybridized carbons (Fsp3) is 0.333. The van der Waals surface area contributed by atoms with E-state index in [4.69, 9.17) is 16.2 Å². The fourth-order valence-corrected chi connectivity index (χ4v) is 1.93. The molecule has 0 spiro atoms. The Kier molecular flexibility index (Phi) is 5.11. The molecule has 0 radical (unpaired) electrons. The first-order valence-corrected chi connectivity index (χ1v) is 7.11. The lowest BCUT2D eigenvalue weighted by Gasteiger charge is -2.12. The molecule has 1 atom stereocenters. The van der Waals surface area contributed by atoms with Crippen molar-refractivity contribution in [1.29, 1.82) is 0 Å². The number of aliphatic hydroxyl groups excluding tert-OH is 1. The minimum Gasteiger partial charge on any atom is -0.501 e. The largest absolute Gasteiger partial charge is 0.501 e. The van der Waals surface area contributed by atoms with Gasteiger partial charge in [0.25, 0.3) is 10.1 Å². The van der Waals surface area contributed by atoms with Gasteiger partial charge in [-0.05, 0) is 6.07 Å². The van der Waals surface area contributed by atoms with Gasteiger partial charge in [-0.1, -0.05) is 0 Å². The molecule has 0 aromatic heterocycles. The van der Waals surface area contributed by atoms with Gasteiger partial charge >= 0.3 is 5.69 Å². The number of nitro benzene ring substituents is 1. The van der Waals surface area contributed by atoms with Crippen LogP contribution in [0.5, 0.6) is 5.75 Å². The highest BCUT2D eigenvalue weighted by Crippen LogP contribution is 2.36. The fourth-order valence-electron chi connectivity index (χ4n) is 1.30. The van der Waals surface area contributed by atoms with Crippen molar-refractivity contribution in [1.82, 2.24) is 0 Å². The normalized spacial score (nSPS) is 12.9. The molecular formula is C9H11ClN2O7S. The van der Waals surface area contributed by atoms with E-state index in [2.05, 4.69) is 5.32 Å². The van der Waals surface area contributed by atoms with E-state index in [0.717, 1.165) is 6.07 Å². The van der Waals surface area contributed by atoms with E-state index in [1.807, 2.05) is 0 Å². The molecule has 0 aliphatic heterocycles. The van der Waals surface area contributed by atoms with Crippen molar-refractivity contribution in [2.75, 3.05) is 17.7 Å². The molecular weight excluding hydrogens is 316 g/mol. The van der Waals surface area contributed by atoms with E-state index in [9.17, 15) is 28.7 Å². The summed E-state index contributed by atoms with van der Waals surface area (Å²) in [7, 11) is -4.69. The number of rotatable bonds is 6. The predicted molar refractivity (Wildman–Crippen MR) is 69.8 cm³/mol. The molecule has 9 nitrogen and oxygen atoms in total. The molecule has 20 heavy (non-hydrogen) atoms. The third kappa shape index (κ3) is 3.93. The Hall–Kier alpha value is -1.62. The lowest BCUT2D eigenvalue weighted by atomic mass is 10.2. The Morgan fingerprint density at radius 3 is 2.50 bits per heavy atom. The van der Waals surface area contributed by atoms with Gasteiger partial charge < -0.3 is 15.5 Å². The molecule has 11 heteroatoms. The molecule has 0 amide bonds. The number of phenolic OH excluding ortho intramolecular Hbond substituents is 1. The van der Waals surface area contributed by atoms with Gasteiger partial charge in [-0.25, -0.2) is 0 Å². The van der Waals surface area contributed by atoms with Crippen molar-refractivity contribution in [3.8, 4) is 5.75 Å². The van der Waals surface area contributed by atoms with Gasteiger partial charge in [-0.15, -0.1) is 11.6 Å². The van der Waals surface area contributed by atoms with E-state index in [1.54, 1.807) is 0 Å². The van der Waals surface area contributed by atoms with E-state index in [0.29, 0.717) is 6.07 Å². The first-order valence-electron chi connectivity index (χ1n) is 5.13. The Bertz CT molecular complexity index is 619. The van der Waals surface area contributed by atoms with Gasteiger partial charge in [-0.2, -0.15) is 8.42 Å². The van der Waals surface area contributed by atoms with Crippen LogP contribution >= 0.6 is 11.6 Å². The number of nitrogens with zero attached hydrogens (tertiary/aromatic N) is 1. The summed E-state index contributed by atoms with van der Waals surface area (Å²) in [5.74, 6) is -0.947. The maximum absolute atomic E-state index is 11.0. The minimum atomic E-state index is -4.69. The summed E-state index contributed by atoms with van der Waals surface area (Å²) >= 11 is 5.35. The summed E-state index contributed by atoms with van der Waals surface area (Å²) in [6.45, 7) is -0.177. The van der Waals surface area contributed by atoms with Crippen LogP contribution < -0.4 is 5.32 Å². The number of alkyl halides is 1. The molecule has 112 valence electrons. The monoisotopic (exact) mass is 326 g/mol. The van der Waals surface area contributed by atoms with Gasteiger partial charge in [0.15, 0.2) is 0 Å². The number of nitro groups is 1. The smallest absolute Gasteiger partial charge is 0.314 e. The highest BCUT2D eigenvalue weighted by Gasteiger charge is 2.24. The van der Waals surface area contributed by atoms with Crippen molar-refractivity contribution >= 4 is 33.1 Å². The highest BCUT2D eigenvalue weighted by atomic mass is 35.5. The van der Waals surface area contributed by atoms with Crippen LogP contribution in [0.25, 0.3) is 0 Å². The lowest BCUT2D eigenvalue weighted by Crippen LogP contribution is -2.21. The van der Waals surface area contributed by atoms with E-state index in [-0.39, 0.29) is 18.1 Å². The first kappa shape index (κ1) is 16.4. The second-order valence-electron chi connectivity index (χ2n) is 3.76. The molecule has 0 fully saturated rings. The van der Waals surface area contributed by atoms with Crippen molar-refractivity contribution in [2.45, 2.75) is 11.0 Å². The second kappa shape index (κ2) is 6.22. The third-order valence-electron chi connectivity index (χ3n) is 2.26. The first-order chi connectivity index (χ1) is 9.16. The predicted octanol–water partition coefficient (Wildman–Crippen LogP) is 0.559. The van der Waals surface area contributed by atoms with Crippen LogP contribution in [0.1, 0.15) is 0 Å². The number of benzene rings is 1. The van der Waals surface area contributed by atoms with Crippen LogP contribution in [-0.4, -0.2) is 46.6 Å². The number of nitrogens with one attached hydrogen (secondary N) is 1. The molecule has 0 saturated heterocycles. The number of hydrogen-bond donors (Lipinski definition) is 4. The summed E-state index contributed by atoms with van der Waals surface area (Å²) in [4.78, 5) is 8.95. The van der Waals surface area contributed by atoms with Crippen molar-refractivity contribution in [2.24, 2.45) is 0 Å². The summed E-state index contributed by atoms with van der Waals surface area (Å²) < 4.78 is 30.9. The minimum absolute atomic E-state index is 0.131. The van der Waals surface area contributed by atoms with Crippen LogP contribution in [0.15, 0.2) is 17.0 Å². The van der Waals surface area contributed by atoms with Crippen molar-refractivity contribution < 1.29 is 28.1 Å². The zero-order valence-corrected chi connectivity index (χ0v) is 11.4. The molecule has 0 saturated carbocycles. The van der Waals surface area contributed by atoms with Crippen LogP contribution in [0.3, 0.4) is 0 Å². The number of anilines is 1. The Balaban J connectivity index is 3.28. The standard InChI is InChI=1S/C9H11ClN2O7S/c10-3-5(13)4-11-7-1-6(20(17,18)19)2-8(9(7)14)12(15)16/h1-2,5,11,13-14H,3-4H2,(H,17,18,19). The van der Waals surface area contributed by atoms with E-state index in [1.165, 1.54) is 0 Å². The topological polar surface area (TPSA) is 150 Å². The summed E-state index contributed by atoms with van der Waals surface area (Å²) in [6, 6.07) is 1.33. The molecule has 1 aromatic carbocycles. The van der Waals surface area contributed by atoms with Crippen LogP contribution in [-0.2, 0) is 10.1 Å².